The Morgan fingerprint density at radius 1 is 1.26 bits per heavy atom. The maximum absolute atomic E-state index is 10.1. The molecule has 1 saturated carbocycles. The lowest BCUT2D eigenvalue weighted by Gasteiger charge is -2.26. The summed E-state index contributed by atoms with van der Waals surface area (Å²) < 4.78 is 11.8. The molecule has 3 rings (SSSR count). The van der Waals surface area contributed by atoms with Crippen LogP contribution in [-0.4, -0.2) is 41.7 Å². The molecule has 4 nitrogen and oxygen atoms in total. The fourth-order valence-electron chi connectivity index (χ4n) is 4.08. The van der Waals surface area contributed by atoms with Crippen LogP contribution in [0.3, 0.4) is 0 Å². The predicted molar refractivity (Wildman–Crippen MR) is 125 cm³/mol. The van der Waals surface area contributed by atoms with Crippen molar-refractivity contribution in [1.29, 1.82) is 0 Å². The maximum Gasteiger partial charge on any atom is 0.134 e. The first kappa shape index (κ1) is 24.1. The molecule has 2 unspecified atom stereocenters. The van der Waals surface area contributed by atoms with Crippen LogP contribution in [0.4, 0.5) is 0 Å². The number of hydrogen-bond acceptors (Lipinski definition) is 4. The zero-order chi connectivity index (χ0) is 22.4. The zero-order valence-corrected chi connectivity index (χ0v) is 19.6. The van der Waals surface area contributed by atoms with E-state index in [4.69, 9.17) is 21.1 Å². The van der Waals surface area contributed by atoms with Crippen molar-refractivity contribution < 1.29 is 19.7 Å². The quantitative estimate of drug-likeness (QED) is 0.506. The second-order valence-electron chi connectivity index (χ2n) is 8.89. The summed E-state index contributed by atoms with van der Waals surface area (Å²) in [6.07, 6.45) is 5.53. The molecule has 2 fully saturated rings. The number of benzene rings is 1. The molecule has 0 amide bonds. The predicted octanol–water partition coefficient (Wildman–Crippen LogP) is 5.39. The molecule has 1 aromatic rings. The molecule has 0 radical (unpaired) electrons. The van der Waals surface area contributed by atoms with Crippen molar-refractivity contribution in [2.75, 3.05) is 13.2 Å². The summed E-state index contributed by atoms with van der Waals surface area (Å²) in [5.41, 5.74) is 7.36. The fourth-order valence-corrected chi connectivity index (χ4v) is 4.28. The lowest BCUT2D eigenvalue weighted by Crippen LogP contribution is -2.28. The van der Waals surface area contributed by atoms with Gasteiger partial charge in [-0.1, -0.05) is 47.5 Å². The molecule has 2 aliphatic rings. The topological polar surface area (TPSA) is 58.9 Å². The Morgan fingerprint density at radius 2 is 1.97 bits per heavy atom. The molecule has 3 atom stereocenters. The van der Waals surface area contributed by atoms with Gasteiger partial charge in [0.25, 0.3) is 0 Å². The molecule has 31 heavy (non-hydrogen) atoms. The van der Waals surface area contributed by atoms with E-state index in [9.17, 15) is 10.2 Å². The summed E-state index contributed by atoms with van der Waals surface area (Å²) in [6.45, 7) is 6.19. The van der Waals surface area contributed by atoms with Gasteiger partial charge in [0.05, 0.1) is 31.5 Å². The monoisotopic (exact) mass is 446 g/mol. The van der Waals surface area contributed by atoms with Crippen LogP contribution >= 0.6 is 11.6 Å². The van der Waals surface area contributed by atoms with E-state index in [0.717, 1.165) is 29.9 Å². The first-order valence-electron chi connectivity index (χ1n) is 11.3. The highest BCUT2D eigenvalue weighted by atomic mass is 35.5. The van der Waals surface area contributed by atoms with Gasteiger partial charge in [-0.25, -0.2) is 0 Å². The highest BCUT2D eigenvalue weighted by molar-refractivity contribution is 6.25. The minimum Gasteiger partial charge on any atom is -0.492 e. The minimum atomic E-state index is -0.541. The van der Waals surface area contributed by atoms with Crippen molar-refractivity contribution in [2.24, 2.45) is 0 Å². The lowest BCUT2D eigenvalue weighted by atomic mass is 9.93. The second kappa shape index (κ2) is 11.3. The molecule has 0 aromatic heterocycles. The Labute approximate surface area is 191 Å². The first-order chi connectivity index (χ1) is 14.9. The van der Waals surface area contributed by atoms with E-state index >= 15 is 0 Å². The van der Waals surface area contributed by atoms with Crippen LogP contribution in [-0.2, 0) is 15.9 Å². The Balaban J connectivity index is 1.89. The summed E-state index contributed by atoms with van der Waals surface area (Å²) in [5.74, 6) is 1.42. The Morgan fingerprint density at radius 3 is 2.55 bits per heavy atom. The molecule has 5 heteroatoms. The maximum atomic E-state index is 10.1. The van der Waals surface area contributed by atoms with Crippen molar-refractivity contribution in [1.82, 2.24) is 0 Å². The van der Waals surface area contributed by atoms with E-state index in [2.05, 4.69) is 37.3 Å². The molecule has 170 valence electrons. The summed E-state index contributed by atoms with van der Waals surface area (Å²) in [4.78, 5) is 0. The molecule has 1 aromatic carbocycles. The summed E-state index contributed by atoms with van der Waals surface area (Å²) in [7, 11) is 0. The number of aliphatic hydroxyl groups excluding tert-OH is 2. The first-order valence-corrected chi connectivity index (χ1v) is 11.7. The summed E-state index contributed by atoms with van der Waals surface area (Å²) in [5, 5.41) is 19.6. The van der Waals surface area contributed by atoms with Crippen LogP contribution in [0.25, 0.3) is 0 Å². The van der Waals surface area contributed by atoms with Gasteiger partial charge in [-0.3, -0.25) is 0 Å². The van der Waals surface area contributed by atoms with Crippen molar-refractivity contribution >= 4 is 11.6 Å². The highest BCUT2D eigenvalue weighted by Crippen LogP contribution is 2.40. The van der Waals surface area contributed by atoms with Crippen molar-refractivity contribution in [3.8, 4) is 0 Å². The van der Waals surface area contributed by atoms with Gasteiger partial charge in [0.2, 0.25) is 0 Å². The lowest BCUT2D eigenvalue weighted by molar-refractivity contribution is -0.0289. The van der Waals surface area contributed by atoms with Gasteiger partial charge in [-0.05, 0) is 62.7 Å². The van der Waals surface area contributed by atoms with Gasteiger partial charge >= 0.3 is 0 Å². The van der Waals surface area contributed by atoms with E-state index in [1.165, 1.54) is 35.1 Å². The fraction of sp³-hybridized carbons (Fsp3) is 0.538. The third kappa shape index (κ3) is 6.95. The number of allylic oxidation sites excluding steroid dienone is 2. The van der Waals surface area contributed by atoms with Crippen molar-refractivity contribution in [2.45, 2.75) is 77.1 Å². The normalized spacial score (nSPS) is 22.9. The molecule has 0 spiro atoms. The van der Waals surface area contributed by atoms with E-state index in [-0.39, 0.29) is 18.8 Å². The van der Waals surface area contributed by atoms with Gasteiger partial charge in [-0.15, -0.1) is 0 Å². The number of halogens is 1. The molecular weight excluding hydrogens is 412 g/mol. The molecule has 1 aliphatic carbocycles. The smallest absolute Gasteiger partial charge is 0.134 e. The minimum absolute atomic E-state index is 0.0797. The standard InChI is InChI=1S/C26H35ClO4/c1-17(12-20-4-6-21(7-5-20)22-8-9-22)13-24(23-10-11-30-26(23)15-27)25(14-18(2)29)31-19(3)16-28/h4-7,13,15,18-19,22,25,28-29H,8-12,14,16H2,1-3H3/b17-13+,24-23+,26-15-/t18?,19-,25?/m0/s1. The van der Waals surface area contributed by atoms with Crippen LogP contribution in [0.2, 0.25) is 0 Å². The second-order valence-corrected chi connectivity index (χ2v) is 9.11. The van der Waals surface area contributed by atoms with E-state index in [0.29, 0.717) is 18.8 Å². The van der Waals surface area contributed by atoms with Crippen LogP contribution in [0.5, 0.6) is 0 Å². The van der Waals surface area contributed by atoms with Gasteiger partial charge in [0.15, 0.2) is 0 Å². The van der Waals surface area contributed by atoms with Gasteiger partial charge in [-0.2, -0.15) is 0 Å². The largest absolute Gasteiger partial charge is 0.492 e. The number of rotatable bonds is 10. The SMILES string of the molecule is C\C(=C/C(=C1/CCO/C1=C\Cl)C(CC(C)O)O[C@@H](C)CO)Cc1ccc(C2CC2)cc1. The zero-order valence-electron chi connectivity index (χ0n) is 18.8. The molecule has 1 saturated heterocycles. The number of aliphatic hydroxyl groups is 2. The molecule has 0 bridgehead atoms. The van der Waals surface area contributed by atoms with Gasteiger partial charge in [0.1, 0.15) is 5.76 Å². The van der Waals surface area contributed by atoms with Gasteiger partial charge in [0, 0.05) is 23.9 Å². The molecular formula is C26H35ClO4. The third-order valence-electron chi connectivity index (χ3n) is 5.82. The number of hydrogen-bond donors (Lipinski definition) is 2. The van der Waals surface area contributed by atoms with Crippen LogP contribution in [0.1, 0.15) is 63.5 Å². The molecule has 2 N–H and O–H groups in total. The van der Waals surface area contributed by atoms with Crippen LogP contribution < -0.4 is 0 Å². The van der Waals surface area contributed by atoms with E-state index < -0.39 is 6.10 Å². The van der Waals surface area contributed by atoms with Crippen molar-refractivity contribution in [3.05, 3.63) is 69.5 Å². The Kier molecular flexibility index (Phi) is 8.79. The highest BCUT2D eigenvalue weighted by Gasteiger charge is 2.27. The van der Waals surface area contributed by atoms with Crippen LogP contribution in [0.15, 0.2) is 58.4 Å². The van der Waals surface area contributed by atoms with E-state index in [1.54, 1.807) is 6.92 Å². The average Bonchev–Trinajstić information content (AvgIpc) is 3.48. The molecule has 1 heterocycles. The summed E-state index contributed by atoms with van der Waals surface area (Å²) >= 11 is 6.03. The third-order valence-corrected chi connectivity index (χ3v) is 6.02. The Hall–Kier alpha value is -1.59. The van der Waals surface area contributed by atoms with Gasteiger partial charge < -0.3 is 19.7 Å². The average molecular weight is 447 g/mol. The summed E-state index contributed by atoms with van der Waals surface area (Å²) in [6, 6.07) is 8.94. The molecule has 1 aliphatic heterocycles. The van der Waals surface area contributed by atoms with Crippen molar-refractivity contribution in [3.63, 3.8) is 0 Å². The van der Waals surface area contributed by atoms with Crippen LogP contribution in [0, 0.1) is 0 Å². The Bertz CT molecular complexity index is 818. The van der Waals surface area contributed by atoms with E-state index in [1.807, 2.05) is 6.92 Å². The number of ether oxygens (including phenoxy) is 2.